The zero-order valence-electron chi connectivity index (χ0n) is 9.65. The van der Waals surface area contributed by atoms with Gasteiger partial charge in [-0.05, 0) is 19.3 Å². The van der Waals surface area contributed by atoms with Gasteiger partial charge in [0.25, 0.3) is 10.2 Å². The van der Waals surface area contributed by atoms with Crippen LogP contribution in [0.15, 0.2) is 0 Å². The van der Waals surface area contributed by atoms with E-state index in [0.717, 1.165) is 19.3 Å². The van der Waals surface area contributed by atoms with Crippen LogP contribution in [0.5, 0.6) is 0 Å². The number of rotatable bonds is 6. The summed E-state index contributed by atoms with van der Waals surface area (Å²) in [5, 5.41) is 7.21. The third kappa shape index (κ3) is 3.16. The lowest BCUT2D eigenvalue weighted by atomic mass is 10.4. The third-order valence-corrected chi connectivity index (χ3v) is 4.52. The Morgan fingerprint density at radius 1 is 1.44 bits per heavy atom. The molecular weight excluding hydrogens is 228 g/mol. The predicted molar refractivity (Wildman–Crippen MR) is 63.5 cm³/mol. The Balaban J connectivity index is 2.78. The maximum Gasteiger partial charge on any atom is 0.282 e. The van der Waals surface area contributed by atoms with Crippen LogP contribution >= 0.6 is 0 Å². The van der Waals surface area contributed by atoms with E-state index in [1.54, 1.807) is 0 Å². The molecule has 0 aromatic carbocycles. The number of nitrogens with two attached hydrogens (primary N) is 1. The van der Waals surface area contributed by atoms with Crippen molar-refractivity contribution < 1.29 is 8.42 Å². The summed E-state index contributed by atoms with van der Waals surface area (Å²) in [6, 6.07) is 0. The standard InChI is InChI=1S/C9H20N4O2S/c1-2-5-13(8-9(10)11)16(14,15)12-6-3-4-7-12/h2-8H2,1H3,(H3,10,11). The van der Waals surface area contributed by atoms with Crippen LogP contribution in [0, 0.1) is 5.41 Å². The topological polar surface area (TPSA) is 90.5 Å². The molecule has 1 fully saturated rings. The molecule has 0 atom stereocenters. The van der Waals surface area contributed by atoms with Crippen LogP contribution in [0.2, 0.25) is 0 Å². The largest absolute Gasteiger partial charge is 0.387 e. The Morgan fingerprint density at radius 3 is 2.44 bits per heavy atom. The van der Waals surface area contributed by atoms with Crippen LogP contribution in [-0.4, -0.2) is 49.0 Å². The smallest absolute Gasteiger partial charge is 0.282 e. The van der Waals surface area contributed by atoms with Crippen LogP contribution in [0.3, 0.4) is 0 Å². The molecule has 7 heteroatoms. The molecule has 94 valence electrons. The zero-order chi connectivity index (χ0) is 12.2. The molecule has 0 spiro atoms. The highest BCUT2D eigenvalue weighted by Gasteiger charge is 2.31. The van der Waals surface area contributed by atoms with Gasteiger partial charge in [0, 0.05) is 19.6 Å². The maximum absolute atomic E-state index is 12.2. The van der Waals surface area contributed by atoms with Crippen molar-refractivity contribution in [3.63, 3.8) is 0 Å². The first-order chi connectivity index (χ1) is 7.48. The number of nitrogens with one attached hydrogen (secondary N) is 1. The molecule has 1 rings (SSSR count). The molecule has 0 saturated carbocycles. The summed E-state index contributed by atoms with van der Waals surface area (Å²) in [6.07, 6.45) is 2.55. The van der Waals surface area contributed by atoms with Gasteiger partial charge in [0.15, 0.2) is 0 Å². The van der Waals surface area contributed by atoms with Gasteiger partial charge in [-0.1, -0.05) is 6.92 Å². The minimum Gasteiger partial charge on any atom is -0.387 e. The second-order valence-corrected chi connectivity index (χ2v) is 5.90. The molecule has 1 saturated heterocycles. The van der Waals surface area contributed by atoms with Crippen LogP contribution in [-0.2, 0) is 10.2 Å². The van der Waals surface area contributed by atoms with E-state index in [9.17, 15) is 8.42 Å². The van der Waals surface area contributed by atoms with Crippen LogP contribution < -0.4 is 5.73 Å². The quantitative estimate of drug-likeness (QED) is 0.511. The Hall–Kier alpha value is -0.660. The van der Waals surface area contributed by atoms with Gasteiger partial charge in [0.2, 0.25) is 0 Å². The number of nitrogens with zero attached hydrogens (tertiary/aromatic N) is 2. The van der Waals surface area contributed by atoms with E-state index in [1.807, 2.05) is 6.92 Å². The first-order valence-corrected chi connectivity index (χ1v) is 6.96. The molecule has 0 aliphatic carbocycles. The lowest BCUT2D eigenvalue weighted by molar-refractivity contribution is 0.382. The third-order valence-electron chi connectivity index (χ3n) is 2.54. The monoisotopic (exact) mass is 248 g/mol. The molecule has 1 heterocycles. The van der Waals surface area contributed by atoms with E-state index >= 15 is 0 Å². The molecule has 16 heavy (non-hydrogen) atoms. The summed E-state index contributed by atoms with van der Waals surface area (Å²) in [5.41, 5.74) is 5.28. The number of amidine groups is 1. The Bertz CT molecular complexity index is 335. The van der Waals surface area contributed by atoms with Gasteiger partial charge in [0.05, 0.1) is 6.54 Å². The predicted octanol–water partition coefficient (Wildman–Crippen LogP) is -0.0250. The molecule has 0 bridgehead atoms. The molecule has 0 unspecified atom stereocenters. The number of hydrogen-bond donors (Lipinski definition) is 2. The molecule has 0 aromatic heterocycles. The van der Waals surface area contributed by atoms with Crippen molar-refractivity contribution in [3.8, 4) is 0 Å². The van der Waals surface area contributed by atoms with E-state index in [0.29, 0.717) is 19.6 Å². The Kier molecular flexibility index (Phi) is 4.69. The van der Waals surface area contributed by atoms with Crippen molar-refractivity contribution in [2.75, 3.05) is 26.2 Å². The van der Waals surface area contributed by atoms with Gasteiger partial charge in [0.1, 0.15) is 5.84 Å². The Morgan fingerprint density at radius 2 is 2.00 bits per heavy atom. The van der Waals surface area contributed by atoms with Crippen molar-refractivity contribution in [2.45, 2.75) is 26.2 Å². The minimum absolute atomic E-state index is 0.00727. The normalized spacial score (nSPS) is 18.1. The first kappa shape index (κ1) is 13.4. The highest BCUT2D eigenvalue weighted by Crippen LogP contribution is 2.16. The molecule has 0 radical (unpaired) electrons. The molecule has 0 aromatic rings. The van der Waals surface area contributed by atoms with Gasteiger partial charge >= 0.3 is 0 Å². The Labute approximate surface area is 97.1 Å². The highest BCUT2D eigenvalue weighted by atomic mass is 32.2. The van der Waals surface area contributed by atoms with E-state index in [1.165, 1.54) is 8.61 Å². The second-order valence-electron chi connectivity index (χ2n) is 3.97. The molecule has 6 nitrogen and oxygen atoms in total. The van der Waals surface area contributed by atoms with Crippen molar-refractivity contribution in [1.29, 1.82) is 5.41 Å². The van der Waals surface area contributed by atoms with Crippen molar-refractivity contribution >= 4 is 16.0 Å². The van der Waals surface area contributed by atoms with Crippen LogP contribution in [0.4, 0.5) is 0 Å². The summed E-state index contributed by atoms with van der Waals surface area (Å²) >= 11 is 0. The molecule has 0 amide bonds. The van der Waals surface area contributed by atoms with Gasteiger partial charge < -0.3 is 5.73 Å². The van der Waals surface area contributed by atoms with Crippen LogP contribution in [0.1, 0.15) is 26.2 Å². The summed E-state index contributed by atoms with van der Waals surface area (Å²) in [5.74, 6) is -0.115. The molecular formula is C9H20N4O2S. The first-order valence-electron chi connectivity index (χ1n) is 5.56. The summed E-state index contributed by atoms with van der Waals surface area (Å²) in [6.45, 7) is 3.48. The van der Waals surface area contributed by atoms with Crippen molar-refractivity contribution in [1.82, 2.24) is 8.61 Å². The lowest BCUT2D eigenvalue weighted by Crippen LogP contribution is -2.46. The average Bonchev–Trinajstić information content (AvgIpc) is 2.69. The fourth-order valence-corrected chi connectivity index (χ4v) is 3.56. The minimum atomic E-state index is -3.41. The molecule has 1 aliphatic heterocycles. The maximum atomic E-state index is 12.2. The SMILES string of the molecule is CCCN(CC(=N)N)S(=O)(=O)N1CCCC1. The van der Waals surface area contributed by atoms with E-state index < -0.39 is 10.2 Å². The molecule has 3 N–H and O–H groups in total. The van der Waals surface area contributed by atoms with Gasteiger partial charge in [-0.2, -0.15) is 17.0 Å². The van der Waals surface area contributed by atoms with Crippen LogP contribution in [0.25, 0.3) is 0 Å². The van der Waals surface area contributed by atoms with E-state index in [4.69, 9.17) is 11.1 Å². The highest BCUT2D eigenvalue weighted by molar-refractivity contribution is 7.86. The second kappa shape index (κ2) is 5.60. The lowest BCUT2D eigenvalue weighted by Gasteiger charge is -2.26. The fourth-order valence-electron chi connectivity index (χ4n) is 1.80. The van der Waals surface area contributed by atoms with Gasteiger partial charge in [-0.25, -0.2) is 0 Å². The summed E-state index contributed by atoms with van der Waals surface area (Å²) in [7, 11) is -3.41. The average molecular weight is 248 g/mol. The number of hydrogen-bond acceptors (Lipinski definition) is 3. The van der Waals surface area contributed by atoms with Crippen molar-refractivity contribution in [3.05, 3.63) is 0 Å². The summed E-state index contributed by atoms with van der Waals surface area (Å²) in [4.78, 5) is 0. The van der Waals surface area contributed by atoms with Gasteiger partial charge in [-0.3, -0.25) is 5.41 Å². The van der Waals surface area contributed by atoms with Gasteiger partial charge in [-0.15, -0.1) is 0 Å². The van der Waals surface area contributed by atoms with Crippen molar-refractivity contribution in [2.24, 2.45) is 5.73 Å². The van der Waals surface area contributed by atoms with E-state index in [-0.39, 0.29) is 12.4 Å². The summed E-state index contributed by atoms with van der Waals surface area (Å²) < 4.78 is 27.1. The fraction of sp³-hybridized carbons (Fsp3) is 0.889. The molecule has 1 aliphatic rings. The zero-order valence-corrected chi connectivity index (χ0v) is 10.5. The van der Waals surface area contributed by atoms with E-state index in [2.05, 4.69) is 0 Å².